The summed E-state index contributed by atoms with van der Waals surface area (Å²) < 4.78 is 77.6. The van der Waals surface area contributed by atoms with Gasteiger partial charge in [0.1, 0.15) is 53.4 Å². The van der Waals surface area contributed by atoms with Crippen molar-refractivity contribution in [1.82, 2.24) is 19.1 Å². The number of benzene rings is 4. The average Bonchev–Trinajstić information content (AvgIpc) is 3.74. The van der Waals surface area contributed by atoms with Gasteiger partial charge in [0.05, 0.1) is 52.1 Å². The minimum atomic E-state index is -4.86. The van der Waals surface area contributed by atoms with E-state index in [1.807, 2.05) is 6.07 Å². The van der Waals surface area contributed by atoms with Crippen LogP contribution in [0.4, 0.5) is 24.5 Å². The summed E-state index contributed by atoms with van der Waals surface area (Å²) >= 11 is -1.18. The molecule has 0 aliphatic carbocycles. The van der Waals surface area contributed by atoms with Crippen LogP contribution < -0.4 is 34.3 Å². The third-order valence-corrected chi connectivity index (χ3v) is 8.58. The molecular formula is C36H35F3N6O8S. The van der Waals surface area contributed by atoms with Crippen LogP contribution in [-0.2, 0) is 33.9 Å². The van der Waals surface area contributed by atoms with Crippen molar-refractivity contribution in [3.63, 3.8) is 0 Å². The van der Waals surface area contributed by atoms with Crippen molar-refractivity contribution in [2.24, 2.45) is 0 Å². The summed E-state index contributed by atoms with van der Waals surface area (Å²) in [5, 5.41) is 5.47. The number of imidazole rings is 2. The van der Waals surface area contributed by atoms with Crippen LogP contribution in [0.5, 0.6) is 28.7 Å². The van der Waals surface area contributed by atoms with Crippen molar-refractivity contribution in [3.8, 4) is 28.7 Å². The molecule has 0 saturated carbocycles. The number of amides is 2. The minimum absolute atomic E-state index is 0.0459. The Balaban J connectivity index is 0.000000208. The zero-order valence-electron chi connectivity index (χ0n) is 29.6. The maximum absolute atomic E-state index is 12.6. The molecule has 2 amide bonds. The first-order valence-corrected chi connectivity index (χ1v) is 17.4. The van der Waals surface area contributed by atoms with Gasteiger partial charge < -0.3 is 48.0 Å². The summed E-state index contributed by atoms with van der Waals surface area (Å²) in [6.45, 7) is -0.224. The lowest BCUT2D eigenvalue weighted by molar-refractivity contribution is -0.274. The zero-order valence-corrected chi connectivity index (χ0v) is 30.4. The first-order chi connectivity index (χ1) is 25.8. The summed E-state index contributed by atoms with van der Waals surface area (Å²) in [5.41, 5.74) is 2.73. The molecule has 1 unspecified atom stereocenters. The molecule has 18 heteroatoms. The summed E-state index contributed by atoms with van der Waals surface area (Å²) in [6, 6.07) is 19.4. The second kappa shape index (κ2) is 17.1. The molecule has 6 aromatic rings. The SMILES string of the molecule is COc1cc(NC(=O)Cn2cnc3cccc(OC(F)(F)F)c32)cc(OC)c1.COc1cc(NC(=O)Cn2cnc3cccc([S+](C)[O-])c32)cc(OC)c1. The van der Waals surface area contributed by atoms with E-state index in [0.29, 0.717) is 50.3 Å². The number of ether oxygens (including phenoxy) is 5. The van der Waals surface area contributed by atoms with Crippen LogP contribution in [0, 0.1) is 0 Å². The van der Waals surface area contributed by atoms with Gasteiger partial charge in [0.2, 0.25) is 11.8 Å². The summed E-state index contributed by atoms with van der Waals surface area (Å²) in [5.74, 6) is 0.964. The topological polar surface area (TPSA) is 163 Å². The molecule has 2 aromatic heterocycles. The number of aromatic nitrogens is 4. The van der Waals surface area contributed by atoms with Gasteiger partial charge >= 0.3 is 6.36 Å². The van der Waals surface area contributed by atoms with Gasteiger partial charge in [-0.05, 0) is 35.4 Å². The summed E-state index contributed by atoms with van der Waals surface area (Å²) in [4.78, 5) is 33.9. The lowest BCUT2D eigenvalue weighted by atomic mass is 10.2. The molecule has 1 atom stereocenters. The fraction of sp³-hybridized carbons (Fsp3) is 0.222. The number of hydrogen-bond donors (Lipinski definition) is 2. The van der Waals surface area contributed by atoms with E-state index in [2.05, 4.69) is 25.3 Å². The molecule has 4 aromatic carbocycles. The van der Waals surface area contributed by atoms with Gasteiger partial charge in [-0.25, -0.2) is 9.97 Å². The third kappa shape index (κ3) is 9.84. The number of nitrogens with one attached hydrogen (secondary N) is 2. The number of alkyl halides is 3. The van der Waals surface area contributed by atoms with Gasteiger partial charge in [0, 0.05) is 47.8 Å². The van der Waals surface area contributed by atoms with E-state index in [9.17, 15) is 27.3 Å². The highest BCUT2D eigenvalue weighted by Gasteiger charge is 2.32. The Bertz CT molecular complexity index is 2220. The Hall–Kier alpha value is -6.14. The van der Waals surface area contributed by atoms with Crippen molar-refractivity contribution < 1.29 is 51.0 Å². The van der Waals surface area contributed by atoms with Crippen LogP contribution in [0.15, 0.2) is 90.3 Å². The predicted octanol–water partition coefficient (Wildman–Crippen LogP) is 6.02. The maximum Gasteiger partial charge on any atom is 0.573 e. The first kappa shape index (κ1) is 39.1. The van der Waals surface area contributed by atoms with Gasteiger partial charge in [-0.2, -0.15) is 0 Å². The molecular weight excluding hydrogens is 733 g/mol. The Morgan fingerprint density at radius 1 is 0.704 bits per heavy atom. The molecule has 0 aliphatic rings. The fourth-order valence-corrected chi connectivity index (χ4v) is 6.10. The number of carbonyl (C=O) groups is 2. The first-order valence-electron chi connectivity index (χ1n) is 15.8. The smallest absolute Gasteiger partial charge is 0.573 e. The molecule has 2 heterocycles. The number of para-hydroxylation sites is 2. The number of anilines is 2. The lowest BCUT2D eigenvalue weighted by Crippen LogP contribution is -2.20. The molecule has 14 nitrogen and oxygen atoms in total. The summed E-state index contributed by atoms with van der Waals surface area (Å²) in [6.07, 6.45) is -0.399. The van der Waals surface area contributed by atoms with Crippen molar-refractivity contribution in [1.29, 1.82) is 0 Å². The molecule has 0 radical (unpaired) electrons. The maximum atomic E-state index is 12.6. The largest absolute Gasteiger partial charge is 0.612 e. The predicted molar refractivity (Wildman–Crippen MR) is 195 cm³/mol. The van der Waals surface area contributed by atoms with E-state index in [1.165, 1.54) is 43.3 Å². The molecule has 54 heavy (non-hydrogen) atoms. The van der Waals surface area contributed by atoms with E-state index < -0.39 is 29.2 Å². The standard InChI is InChI=1S/C18H16F3N3O4.C18H19N3O4S/c1-26-12-6-11(7-13(8-12)27-2)23-16(25)9-24-10-22-14-4-3-5-15(17(14)24)28-18(19,20)21;1-24-13-7-12(8-14(9-13)25-2)20-17(22)10-21-11-19-15-5-4-6-16(18(15)21)26(3)23/h3-8,10H,9H2,1-2H3,(H,23,25);4-9,11H,10H2,1-3H3,(H,20,22). The van der Waals surface area contributed by atoms with Crippen LogP contribution in [0.3, 0.4) is 0 Å². The highest BCUT2D eigenvalue weighted by molar-refractivity contribution is 7.91. The van der Waals surface area contributed by atoms with Crippen LogP contribution in [0.1, 0.15) is 0 Å². The van der Waals surface area contributed by atoms with E-state index >= 15 is 0 Å². The number of rotatable bonds is 12. The molecule has 2 N–H and O–H groups in total. The van der Waals surface area contributed by atoms with E-state index in [4.69, 9.17) is 18.9 Å². The van der Waals surface area contributed by atoms with Crippen molar-refractivity contribution >= 4 is 56.4 Å². The number of fused-ring (bicyclic) bond motifs is 2. The van der Waals surface area contributed by atoms with Crippen LogP contribution >= 0.6 is 0 Å². The van der Waals surface area contributed by atoms with Gasteiger partial charge in [0.15, 0.2) is 10.6 Å². The monoisotopic (exact) mass is 768 g/mol. The van der Waals surface area contributed by atoms with Crippen LogP contribution in [0.25, 0.3) is 22.1 Å². The van der Waals surface area contributed by atoms with E-state index in [0.717, 1.165) is 0 Å². The molecule has 0 saturated heterocycles. The zero-order chi connectivity index (χ0) is 39.0. The Kier molecular flexibility index (Phi) is 12.4. The highest BCUT2D eigenvalue weighted by Crippen LogP contribution is 2.31. The highest BCUT2D eigenvalue weighted by atomic mass is 32.2. The van der Waals surface area contributed by atoms with Gasteiger partial charge in [-0.3, -0.25) is 9.59 Å². The summed E-state index contributed by atoms with van der Waals surface area (Å²) in [7, 11) is 6.04. The van der Waals surface area contributed by atoms with Crippen molar-refractivity contribution in [2.45, 2.75) is 24.3 Å². The molecule has 284 valence electrons. The van der Waals surface area contributed by atoms with E-state index in [-0.39, 0.29) is 30.0 Å². The van der Waals surface area contributed by atoms with Crippen molar-refractivity contribution in [2.75, 3.05) is 45.3 Å². The number of carbonyl (C=O) groups excluding carboxylic acids is 2. The van der Waals surface area contributed by atoms with E-state index in [1.54, 1.807) is 79.9 Å². The second-order valence-electron chi connectivity index (χ2n) is 11.3. The number of hydrogen-bond acceptors (Lipinski definition) is 10. The molecule has 0 fully saturated rings. The number of halogens is 3. The second-order valence-corrected chi connectivity index (χ2v) is 12.6. The fourth-order valence-electron chi connectivity index (χ4n) is 5.33. The van der Waals surface area contributed by atoms with Crippen molar-refractivity contribution in [3.05, 3.63) is 85.5 Å². The molecule has 0 aliphatic heterocycles. The Labute approximate surface area is 309 Å². The number of methoxy groups -OCH3 is 4. The van der Waals surface area contributed by atoms with Gasteiger partial charge in [0.25, 0.3) is 0 Å². The molecule has 6 rings (SSSR count). The van der Waals surface area contributed by atoms with Gasteiger partial charge in [-0.1, -0.05) is 12.1 Å². The Morgan fingerprint density at radius 3 is 1.56 bits per heavy atom. The molecule has 0 bridgehead atoms. The third-order valence-electron chi connectivity index (χ3n) is 7.64. The number of nitrogens with zero attached hydrogens (tertiary/aromatic N) is 4. The normalized spacial score (nSPS) is 11.6. The van der Waals surface area contributed by atoms with Crippen LogP contribution in [-0.4, -0.2) is 76.5 Å². The lowest BCUT2D eigenvalue weighted by Gasteiger charge is -2.13. The molecule has 0 spiro atoms. The average molecular weight is 769 g/mol. The minimum Gasteiger partial charge on any atom is -0.612 e. The van der Waals surface area contributed by atoms with Gasteiger partial charge in [-0.15, -0.1) is 13.2 Å². The Morgan fingerprint density at radius 2 is 1.13 bits per heavy atom. The quantitative estimate of drug-likeness (QED) is 0.141. The van der Waals surface area contributed by atoms with Crippen LogP contribution in [0.2, 0.25) is 0 Å².